The lowest BCUT2D eigenvalue weighted by atomic mass is 10.0. The number of anilines is 1. The first-order valence-corrected chi connectivity index (χ1v) is 14.2. The van der Waals surface area contributed by atoms with E-state index in [1.165, 1.54) is 57.8 Å². The molecule has 0 fully saturated rings. The van der Waals surface area contributed by atoms with Crippen LogP contribution < -0.4 is 16.0 Å². The molecule has 0 unspecified atom stereocenters. The van der Waals surface area contributed by atoms with Crippen molar-refractivity contribution in [3.63, 3.8) is 0 Å². The van der Waals surface area contributed by atoms with E-state index in [0.717, 1.165) is 36.1 Å². The smallest absolute Gasteiger partial charge is 0.228 e. The van der Waals surface area contributed by atoms with Crippen molar-refractivity contribution in [1.82, 2.24) is 10.6 Å². The summed E-state index contributed by atoms with van der Waals surface area (Å²) in [6, 6.07) is 6.01. The second kappa shape index (κ2) is 17.6. The summed E-state index contributed by atoms with van der Waals surface area (Å²) in [6.45, 7) is 6.23. The molecule has 0 aromatic heterocycles. The van der Waals surface area contributed by atoms with Crippen LogP contribution in [0.15, 0.2) is 18.2 Å². The first-order valence-electron chi connectivity index (χ1n) is 12.6. The van der Waals surface area contributed by atoms with E-state index in [0.29, 0.717) is 6.42 Å². The van der Waals surface area contributed by atoms with Crippen molar-refractivity contribution in [2.45, 2.75) is 114 Å². The van der Waals surface area contributed by atoms with Crippen LogP contribution in [-0.4, -0.2) is 21.0 Å². The summed E-state index contributed by atoms with van der Waals surface area (Å²) in [5.41, 5.74) is 3.00. The average Bonchev–Trinajstić information content (AvgIpc) is 2.76. The zero-order valence-electron chi connectivity index (χ0n) is 21.0. The number of benzene rings is 1. The Balaban J connectivity index is 2.27. The number of thiocarbonyl (C=S) groups is 1. The summed E-state index contributed by atoms with van der Waals surface area (Å²) in [5, 5.41) is 9.07. The Labute approximate surface area is 227 Å². The van der Waals surface area contributed by atoms with Gasteiger partial charge in [-0.05, 0) is 49.7 Å². The minimum Gasteiger partial charge on any atom is -0.339 e. The van der Waals surface area contributed by atoms with Gasteiger partial charge in [-0.1, -0.05) is 124 Å². The second-order valence-corrected chi connectivity index (χ2v) is 11.9. The molecule has 34 heavy (non-hydrogen) atoms. The van der Waals surface area contributed by atoms with Crippen molar-refractivity contribution in [1.29, 1.82) is 0 Å². The third-order valence-electron chi connectivity index (χ3n) is 5.81. The molecular weight excluding hydrogens is 509 g/mol. The lowest BCUT2D eigenvalue weighted by Crippen LogP contribution is -2.56. The minimum absolute atomic E-state index is 0.162. The van der Waals surface area contributed by atoms with Gasteiger partial charge in [0.1, 0.15) is 6.17 Å². The van der Waals surface area contributed by atoms with E-state index in [2.05, 4.69) is 22.9 Å². The van der Waals surface area contributed by atoms with E-state index in [1.807, 2.05) is 32.0 Å². The molecule has 0 aliphatic carbocycles. The molecule has 0 aliphatic rings. The maximum Gasteiger partial charge on any atom is 0.228 e. The number of hydrogen-bond acceptors (Lipinski definition) is 2. The van der Waals surface area contributed by atoms with Crippen LogP contribution in [0.3, 0.4) is 0 Å². The SMILES string of the molecule is CCCCCCCCCCCCCCC(=O)N[C@H](NC(=S)Nc1cc(C)ccc1C)C(Cl)(Cl)Cl. The van der Waals surface area contributed by atoms with E-state index < -0.39 is 9.96 Å². The van der Waals surface area contributed by atoms with Gasteiger partial charge in [0.15, 0.2) is 5.11 Å². The predicted octanol–water partition coefficient (Wildman–Crippen LogP) is 8.49. The van der Waals surface area contributed by atoms with Crippen LogP contribution in [0.2, 0.25) is 0 Å². The van der Waals surface area contributed by atoms with Crippen LogP contribution >= 0.6 is 47.0 Å². The molecular formula is C26H42Cl3N3OS. The molecule has 0 bridgehead atoms. The maximum atomic E-state index is 12.4. The highest BCUT2D eigenvalue weighted by atomic mass is 35.6. The number of alkyl halides is 3. The van der Waals surface area contributed by atoms with Crippen molar-refractivity contribution in [3.8, 4) is 0 Å². The van der Waals surface area contributed by atoms with Gasteiger partial charge in [0.05, 0.1) is 0 Å². The van der Waals surface area contributed by atoms with Crippen LogP contribution in [-0.2, 0) is 4.79 Å². The number of hydrogen-bond donors (Lipinski definition) is 3. The fourth-order valence-corrected chi connectivity index (χ4v) is 4.27. The average molecular weight is 551 g/mol. The summed E-state index contributed by atoms with van der Waals surface area (Å²) < 4.78 is -1.75. The van der Waals surface area contributed by atoms with E-state index in [4.69, 9.17) is 47.0 Å². The van der Waals surface area contributed by atoms with Crippen LogP contribution in [0.25, 0.3) is 0 Å². The molecule has 0 radical (unpaired) electrons. The van der Waals surface area contributed by atoms with E-state index in [1.54, 1.807) is 0 Å². The Morgan fingerprint density at radius 1 is 0.882 bits per heavy atom. The van der Waals surface area contributed by atoms with E-state index in [9.17, 15) is 4.79 Å². The first kappa shape index (κ1) is 31.3. The summed E-state index contributed by atoms with van der Waals surface area (Å²) in [7, 11) is 0. The first-order chi connectivity index (χ1) is 16.1. The number of aryl methyl sites for hydroxylation is 2. The van der Waals surface area contributed by atoms with E-state index >= 15 is 0 Å². The number of carbonyl (C=O) groups excluding carboxylic acids is 1. The van der Waals surface area contributed by atoms with Crippen LogP contribution in [0.4, 0.5) is 5.69 Å². The van der Waals surface area contributed by atoms with E-state index in [-0.39, 0.29) is 11.0 Å². The molecule has 1 amide bonds. The van der Waals surface area contributed by atoms with Gasteiger partial charge in [0.25, 0.3) is 0 Å². The van der Waals surface area contributed by atoms with Gasteiger partial charge in [-0.2, -0.15) is 0 Å². The third kappa shape index (κ3) is 14.6. The van der Waals surface area contributed by atoms with Crippen molar-refractivity contribution in [3.05, 3.63) is 29.3 Å². The Hall–Kier alpha value is -0.750. The van der Waals surface area contributed by atoms with Crippen molar-refractivity contribution in [2.75, 3.05) is 5.32 Å². The Morgan fingerprint density at radius 3 is 1.94 bits per heavy atom. The lowest BCUT2D eigenvalue weighted by Gasteiger charge is -2.28. The molecule has 0 aliphatic heterocycles. The maximum absolute atomic E-state index is 12.4. The van der Waals surface area contributed by atoms with Gasteiger partial charge >= 0.3 is 0 Å². The Bertz CT molecular complexity index is 740. The molecule has 1 aromatic carbocycles. The van der Waals surface area contributed by atoms with Gasteiger partial charge in [0, 0.05) is 12.1 Å². The highest BCUT2D eigenvalue weighted by Gasteiger charge is 2.34. The highest BCUT2D eigenvalue weighted by molar-refractivity contribution is 7.80. The lowest BCUT2D eigenvalue weighted by molar-refractivity contribution is -0.122. The van der Waals surface area contributed by atoms with Crippen LogP contribution in [0, 0.1) is 13.8 Å². The second-order valence-electron chi connectivity index (χ2n) is 9.10. The molecule has 4 nitrogen and oxygen atoms in total. The zero-order valence-corrected chi connectivity index (χ0v) is 24.0. The fraction of sp³-hybridized carbons (Fsp3) is 0.692. The number of nitrogens with one attached hydrogen (secondary N) is 3. The van der Waals surface area contributed by atoms with Gasteiger partial charge in [0.2, 0.25) is 9.70 Å². The van der Waals surface area contributed by atoms with Crippen LogP contribution in [0.5, 0.6) is 0 Å². The molecule has 1 rings (SSSR count). The molecule has 8 heteroatoms. The standard InChI is InChI=1S/C26H42Cl3N3OS/c1-4-5-6-7-8-9-10-11-12-13-14-15-16-23(33)31-24(26(27,28)29)32-25(34)30-22-19-20(2)17-18-21(22)3/h17-19,24H,4-16H2,1-3H3,(H,31,33)(H2,30,32,34)/t24-/m1/s1. The Morgan fingerprint density at radius 2 is 1.41 bits per heavy atom. The Kier molecular flexibility index (Phi) is 16.2. The summed E-state index contributed by atoms with van der Waals surface area (Å²) in [5.74, 6) is -0.162. The quantitative estimate of drug-likeness (QED) is 0.0836. The van der Waals surface area contributed by atoms with Gasteiger partial charge in [-0.25, -0.2) is 0 Å². The number of rotatable bonds is 16. The molecule has 3 N–H and O–H groups in total. The summed E-state index contributed by atoms with van der Waals surface area (Å²) in [6.07, 6.45) is 14.4. The van der Waals surface area contributed by atoms with Gasteiger partial charge < -0.3 is 16.0 Å². The predicted molar refractivity (Wildman–Crippen MR) is 153 cm³/mol. The monoisotopic (exact) mass is 549 g/mol. The molecule has 1 atom stereocenters. The molecule has 194 valence electrons. The number of halogens is 3. The number of amides is 1. The molecule has 0 spiro atoms. The number of carbonyl (C=O) groups is 1. The molecule has 0 saturated heterocycles. The summed E-state index contributed by atoms with van der Waals surface area (Å²) in [4.78, 5) is 12.4. The largest absolute Gasteiger partial charge is 0.339 e. The topological polar surface area (TPSA) is 53.2 Å². The number of unbranched alkanes of at least 4 members (excludes halogenated alkanes) is 11. The molecule has 0 heterocycles. The normalized spacial score (nSPS) is 12.3. The molecule has 1 aromatic rings. The van der Waals surface area contributed by atoms with Crippen molar-refractivity contribution < 1.29 is 4.79 Å². The van der Waals surface area contributed by atoms with Crippen molar-refractivity contribution >= 4 is 63.7 Å². The summed E-state index contributed by atoms with van der Waals surface area (Å²) >= 11 is 23.7. The van der Waals surface area contributed by atoms with Crippen molar-refractivity contribution in [2.24, 2.45) is 0 Å². The highest BCUT2D eigenvalue weighted by Crippen LogP contribution is 2.29. The van der Waals surface area contributed by atoms with Crippen LogP contribution in [0.1, 0.15) is 102 Å². The zero-order chi connectivity index (χ0) is 25.4. The third-order valence-corrected chi connectivity index (χ3v) is 6.68. The molecule has 0 saturated carbocycles. The van der Waals surface area contributed by atoms with Gasteiger partial charge in [-0.15, -0.1) is 0 Å². The minimum atomic E-state index is -1.75. The fourth-order valence-electron chi connectivity index (χ4n) is 3.72. The van der Waals surface area contributed by atoms with Gasteiger partial charge in [-0.3, -0.25) is 4.79 Å².